The van der Waals surface area contributed by atoms with E-state index >= 15 is 0 Å². The van der Waals surface area contributed by atoms with Crippen molar-refractivity contribution in [2.24, 2.45) is 0 Å². The SMILES string of the molecule is C[Si](C)(C)C1[B]CCC1. The minimum Gasteiger partial charge on any atom is -0.0803 e. The highest BCUT2D eigenvalue weighted by Crippen LogP contribution is 2.32. The van der Waals surface area contributed by atoms with Gasteiger partial charge in [0.25, 0.3) is 0 Å². The molecule has 1 rings (SSSR count). The molecule has 0 N–H and O–H groups in total. The van der Waals surface area contributed by atoms with Crippen LogP contribution in [0.2, 0.25) is 31.4 Å². The maximum atomic E-state index is 2.55. The summed E-state index contributed by atoms with van der Waals surface area (Å²) in [7, 11) is 1.77. The quantitative estimate of drug-likeness (QED) is 0.490. The Bertz CT molecular complexity index is 89.6. The van der Waals surface area contributed by atoms with Crippen molar-refractivity contribution in [1.82, 2.24) is 0 Å². The third-order valence-electron chi connectivity index (χ3n) is 2.28. The van der Waals surface area contributed by atoms with Crippen molar-refractivity contribution in [1.29, 1.82) is 0 Å². The predicted octanol–water partition coefficient (Wildman–Crippen LogP) is 2.57. The molecule has 1 unspecified atom stereocenters. The van der Waals surface area contributed by atoms with E-state index in [0.29, 0.717) is 0 Å². The Morgan fingerprint density at radius 1 is 1.33 bits per heavy atom. The van der Waals surface area contributed by atoms with Crippen molar-refractivity contribution in [3.63, 3.8) is 0 Å². The van der Waals surface area contributed by atoms with Gasteiger partial charge in [-0.1, -0.05) is 44.2 Å². The lowest BCUT2D eigenvalue weighted by atomic mass is 9.76. The number of hydrogen-bond donors (Lipinski definition) is 0. The van der Waals surface area contributed by atoms with Gasteiger partial charge in [0.2, 0.25) is 0 Å². The highest BCUT2D eigenvalue weighted by molar-refractivity contribution is 6.85. The molecular weight excluding hydrogens is 123 g/mol. The Kier molecular flexibility index (Phi) is 2.04. The fraction of sp³-hybridized carbons (Fsp3) is 1.00. The summed E-state index contributed by atoms with van der Waals surface area (Å²) in [5.41, 5.74) is 1.03. The van der Waals surface area contributed by atoms with Crippen molar-refractivity contribution in [3.05, 3.63) is 0 Å². The molecule has 0 aromatic carbocycles. The van der Waals surface area contributed by atoms with Gasteiger partial charge in [-0.25, -0.2) is 0 Å². The van der Waals surface area contributed by atoms with Gasteiger partial charge in [0, 0.05) is 8.07 Å². The van der Waals surface area contributed by atoms with Crippen LogP contribution in [0.5, 0.6) is 0 Å². The first kappa shape index (κ1) is 7.39. The molecule has 0 bridgehead atoms. The first-order valence-corrected chi connectivity index (χ1v) is 7.52. The minimum absolute atomic E-state index is 0.780. The number of hydrogen-bond acceptors (Lipinski definition) is 0. The zero-order valence-corrected chi connectivity index (χ0v) is 7.78. The van der Waals surface area contributed by atoms with Crippen LogP contribution < -0.4 is 0 Å². The van der Waals surface area contributed by atoms with Gasteiger partial charge in [0.05, 0.1) is 0 Å². The molecule has 1 fully saturated rings. The average molecular weight is 139 g/mol. The van der Waals surface area contributed by atoms with Crippen molar-refractivity contribution >= 4 is 15.4 Å². The molecule has 0 saturated carbocycles. The Morgan fingerprint density at radius 2 is 2.00 bits per heavy atom. The molecule has 0 aromatic rings. The second-order valence-electron chi connectivity index (χ2n) is 4.14. The van der Waals surface area contributed by atoms with Crippen LogP contribution in [0.15, 0.2) is 0 Å². The standard InChI is InChI=1S/C7H16BSi/c1-9(2,3)7-5-4-6-8-7/h7H,4-6H2,1-3H3. The first-order valence-electron chi connectivity index (χ1n) is 3.94. The maximum absolute atomic E-state index is 2.55. The fourth-order valence-electron chi connectivity index (χ4n) is 1.56. The summed E-state index contributed by atoms with van der Waals surface area (Å²) in [6.45, 7) is 7.42. The van der Waals surface area contributed by atoms with E-state index in [0.717, 1.165) is 5.44 Å². The van der Waals surface area contributed by atoms with Crippen LogP contribution in [0.25, 0.3) is 0 Å². The summed E-state index contributed by atoms with van der Waals surface area (Å²) in [6, 6.07) is 0. The van der Waals surface area contributed by atoms with Crippen molar-refractivity contribution in [2.75, 3.05) is 0 Å². The number of rotatable bonds is 1. The molecular formula is C7H16BSi. The zero-order chi connectivity index (χ0) is 6.91. The predicted molar refractivity (Wildman–Crippen MR) is 46.9 cm³/mol. The summed E-state index contributed by atoms with van der Waals surface area (Å²) in [5, 5.41) is 0. The lowest BCUT2D eigenvalue weighted by molar-refractivity contribution is 0.887. The van der Waals surface area contributed by atoms with Crippen molar-refractivity contribution in [3.8, 4) is 0 Å². The first-order chi connectivity index (χ1) is 4.11. The normalized spacial score (nSPS) is 28.1. The van der Waals surface area contributed by atoms with Crippen LogP contribution >= 0.6 is 0 Å². The average Bonchev–Trinajstić information content (AvgIpc) is 2.08. The zero-order valence-electron chi connectivity index (χ0n) is 6.78. The maximum Gasteiger partial charge on any atom is 0.110 e. The largest absolute Gasteiger partial charge is 0.110 e. The molecule has 51 valence electrons. The third-order valence-corrected chi connectivity index (χ3v) is 5.03. The Labute approximate surface area is 60.3 Å². The second-order valence-corrected chi connectivity index (χ2v) is 9.61. The second kappa shape index (κ2) is 2.49. The van der Waals surface area contributed by atoms with E-state index in [1.807, 2.05) is 0 Å². The van der Waals surface area contributed by atoms with Gasteiger partial charge in [-0.05, 0) is 0 Å². The highest BCUT2D eigenvalue weighted by Gasteiger charge is 2.29. The molecule has 1 aliphatic rings. The molecule has 0 amide bonds. The van der Waals surface area contributed by atoms with E-state index in [9.17, 15) is 0 Å². The van der Waals surface area contributed by atoms with Crippen molar-refractivity contribution < 1.29 is 0 Å². The van der Waals surface area contributed by atoms with Crippen molar-refractivity contribution in [2.45, 2.75) is 44.2 Å². The van der Waals surface area contributed by atoms with E-state index in [2.05, 4.69) is 26.9 Å². The minimum atomic E-state index is -0.780. The Morgan fingerprint density at radius 3 is 2.22 bits per heavy atom. The summed E-state index contributed by atoms with van der Waals surface area (Å²) in [5.74, 6) is 0. The molecule has 0 nitrogen and oxygen atoms in total. The highest BCUT2D eigenvalue weighted by atomic mass is 28.3. The molecule has 1 saturated heterocycles. The summed E-state index contributed by atoms with van der Waals surface area (Å²) in [6.07, 6.45) is 4.32. The molecule has 0 spiro atoms. The van der Waals surface area contributed by atoms with E-state index in [4.69, 9.17) is 0 Å². The Hall–Kier alpha value is 0.282. The molecule has 0 aliphatic carbocycles. The van der Waals surface area contributed by atoms with Gasteiger partial charge in [0.15, 0.2) is 0 Å². The molecule has 0 aromatic heterocycles. The topological polar surface area (TPSA) is 0 Å². The Balaban J connectivity index is 2.42. The third kappa shape index (κ3) is 1.85. The van der Waals surface area contributed by atoms with E-state index < -0.39 is 8.07 Å². The lowest BCUT2D eigenvalue weighted by Gasteiger charge is -2.23. The van der Waals surface area contributed by atoms with Gasteiger partial charge in [-0.2, -0.15) is 0 Å². The summed E-state index contributed by atoms with van der Waals surface area (Å²) in [4.78, 5) is 0. The van der Waals surface area contributed by atoms with Crippen LogP contribution in [0.3, 0.4) is 0 Å². The van der Waals surface area contributed by atoms with Crippen LogP contribution in [0, 0.1) is 0 Å². The molecule has 2 heteroatoms. The van der Waals surface area contributed by atoms with E-state index in [1.165, 1.54) is 19.2 Å². The van der Waals surface area contributed by atoms with Gasteiger partial charge >= 0.3 is 0 Å². The smallest absolute Gasteiger partial charge is 0.0803 e. The van der Waals surface area contributed by atoms with Crippen LogP contribution in [0.4, 0.5) is 0 Å². The van der Waals surface area contributed by atoms with Crippen LogP contribution in [0.1, 0.15) is 12.8 Å². The summed E-state index contributed by atoms with van der Waals surface area (Å²) >= 11 is 0. The van der Waals surface area contributed by atoms with Gasteiger partial charge < -0.3 is 0 Å². The molecule has 1 radical (unpaired) electrons. The molecule has 1 heterocycles. The summed E-state index contributed by atoms with van der Waals surface area (Å²) < 4.78 is 0. The monoisotopic (exact) mass is 139 g/mol. The van der Waals surface area contributed by atoms with Gasteiger partial charge in [-0.3, -0.25) is 0 Å². The molecule has 1 atom stereocenters. The van der Waals surface area contributed by atoms with Gasteiger partial charge in [-0.15, -0.1) is 0 Å². The van der Waals surface area contributed by atoms with Gasteiger partial charge in [0.1, 0.15) is 7.28 Å². The molecule has 1 aliphatic heterocycles. The van der Waals surface area contributed by atoms with E-state index in [-0.39, 0.29) is 0 Å². The van der Waals surface area contributed by atoms with Crippen LogP contribution in [-0.4, -0.2) is 15.4 Å². The van der Waals surface area contributed by atoms with Crippen LogP contribution in [-0.2, 0) is 0 Å². The van der Waals surface area contributed by atoms with E-state index in [1.54, 1.807) is 0 Å². The molecule has 9 heavy (non-hydrogen) atoms. The lowest BCUT2D eigenvalue weighted by Crippen LogP contribution is -2.29. The fourth-order valence-corrected chi connectivity index (χ4v) is 3.51.